The first-order valence-corrected chi connectivity index (χ1v) is 4.14. The lowest BCUT2D eigenvalue weighted by atomic mass is 10.2. The van der Waals surface area contributed by atoms with Crippen LogP contribution in [0.4, 0.5) is 4.79 Å². The molecule has 1 rings (SSSR count). The zero-order valence-electron chi connectivity index (χ0n) is 8.31. The topological polar surface area (TPSA) is 76.1 Å². The summed E-state index contributed by atoms with van der Waals surface area (Å²) in [6.07, 6.45) is -1.19. The molecule has 1 N–H and O–H groups in total. The number of ether oxygens (including phenoxy) is 2. The fraction of sp³-hybridized carbons (Fsp3) is 0.750. The van der Waals surface area contributed by atoms with Crippen molar-refractivity contribution in [2.45, 2.75) is 25.6 Å². The minimum Gasteiger partial charge on any atom is -0.467 e. The first kappa shape index (κ1) is 10.8. The van der Waals surface area contributed by atoms with Crippen molar-refractivity contribution in [3.05, 3.63) is 0 Å². The average molecular weight is 203 g/mol. The summed E-state index contributed by atoms with van der Waals surface area (Å²) in [7, 11) is 1.22. The molecule has 0 unspecified atom stereocenters. The summed E-state index contributed by atoms with van der Waals surface area (Å²) in [6.45, 7) is 3.21. The molecule has 0 radical (unpaired) electrons. The number of hydrogen-bond donors (Lipinski definition) is 1. The molecule has 0 aromatic heterocycles. The molecule has 14 heavy (non-hydrogen) atoms. The quantitative estimate of drug-likeness (QED) is 0.619. The lowest BCUT2D eigenvalue weighted by Gasteiger charge is -2.29. The van der Waals surface area contributed by atoms with Crippen LogP contribution in [0.15, 0.2) is 0 Å². The van der Waals surface area contributed by atoms with E-state index < -0.39 is 23.8 Å². The molecule has 0 aromatic rings. The Morgan fingerprint density at radius 3 is 2.57 bits per heavy atom. The van der Waals surface area contributed by atoms with Gasteiger partial charge in [0.15, 0.2) is 6.04 Å². The number of carbonyl (C=O) groups excluding carboxylic acids is 1. The number of methoxy groups -OCH3 is 1. The van der Waals surface area contributed by atoms with E-state index in [-0.39, 0.29) is 6.61 Å². The number of hydrogen-bond acceptors (Lipinski definition) is 4. The molecule has 6 heteroatoms. The van der Waals surface area contributed by atoms with Crippen LogP contribution in [0, 0.1) is 0 Å². The average Bonchev–Trinajstić information content (AvgIpc) is 2.39. The molecule has 1 heterocycles. The number of carboxylic acid groups (broad SMARTS) is 1. The molecule has 0 saturated carbocycles. The third kappa shape index (κ3) is 1.65. The van der Waals surface area contributed by atoms with Crippen LogP contribution < -0.4 is 0 Å². The van der Waals surface area contributed by atoms with Gasteiger partial charge in [0, 0.05) is 0 Å². The normalized spacial score (nSPS) is 24.8. The second-order valence-corrected chi connectivity index (χ2v) is 3.45. The minimum absolute atomic E-state index is 0.0337. The summed E-state index contributed by atoms with van der Waals surface area (Å²) >= 11 is 0. The summed E-state index contributed by atoms with van der Waals surface area (Å²) < 4.78 is 9.68. The van der Waals surface area contributed by atoms with E-state index in [1.807, 2.05) is 0 Å². The van der Waals surface area contributed by atoms with Gasteiger partial charge in [-0.2, -0.15) is 0 Å². The number of amides is 1. The van der Waals surface area contributed by atoms with E-state index in [4.69, 9.17) is 9.84 Å². The monoisotopic (exact) mass is 203 g/mol. The van der Waals surface area contributed by atoms with Crippen LogP contribution >= 0.6 is 0 Å². The summed E-state index contributed by atoms with van der Waals surface area (Å²) in [5.41, 5.74) is -0.981. The van der Waals surface area contributed by atoms with Gasteiger partial charge in [-0.15, -0.1) is 0 Å². The Morgan fingerprint density at radius 2 is 2.14 bits per heavy atom. The van der Waals surface area contributed by atoms with Crippen LogP contribution in [0.25, 0.3) is 0 Å². The number of nitrogens with zero attached hydrogens (tertiary/aromatic N) is 1. The van der Waals surface area contributed by atoms with E-state index in [1.54, 1.807) is 13.8 Å². The van der Waals surface area contributed by atoms with Crippen LogP contribution in [-0.2, 0) is 14.3 Å². The van der Waals surface area contributed by atoms with Gasteiger partial charge in [-0.25, -0.2) is 9.59 Å². The first-order valence-electron chi connectivity index (χ1n) is 4.14. The van der Waals surface area contributed by atoms with Crippen molar-refractivity contribution in [1.29, 1.82) is 0 Å². The van der Waals surface area contributed by atoms with Gasteiger partial charge >= 0.3 is 12.1 Å². The van der Waals surface area contributed by atoms with E-state index in [2.05, 4.69) is 4.74 Å². The molecule has 0 aromatic carbocycles. The summed E-state index contributed by atoms with van der Waals surface area (Å²) in [4.78, 5) is 23.1. The molecule has 1 fully saturated rings. The van der Waals surface area contributed by atoms with Crippen molar-refractivity contribution in [2.24, 2.45) is 0 Å². The molecule has 0 spiro atoms. The van der Waals surface area contributed by atoms with Gasteiger partial charge in [0.1, 0.15) is 5.72 Å². The minimum atomic E-state index is -1.19. The molecule has 1 amide bonds. The van der Waals surface area contributed by atoms with Gasteiger partial charge in [-0.05, 0) is 13.8 Å². The standard InChI is InChI=1S/C8H13NO5/c1-8(2)9(7(11)12)5(4-14-8)6(10)13-3/h5H,4H2,1-3H3,(H,11,12)/t5-/m1/s1. The van der Waals surface area contributed by atoms with E-state index in [0.29, 0.717) is 0 Å². The first-order chi connectivity index (χ1) is 6.40. The summed E-state index contributed by atoms with van der Waals surface area (Å²) in [5, 5.41) is 8.90. The highest BCUT2D eigenvalue weighted by molar-refractivity contribution is 5.81. The molecule has 1 atom stereocenters. The smallest absolute Gasteiger partial charge is 0.410 e. The zero-order chi connectivity index (χ0) is 10.9. The third-order valence-electron chi connectivity index (χ3n) is 2.17. The number of rotatable bonds is 1. The molecule has 1 saturated heterocycles. The van der Waals surface area contributed by atoms with E-state index in [1.165, 1.54) is 7.11 Å². The van der Waals surface area contributed by atoms with Crippen molar-refractivity contribution >= 4 is 12.1 Å². The van der Waals surface area contributed by atoms with Crippen molar-refractivity contribution in [2.75, 3.05) is 13.7 Å². The molecule has 1 aliphatic rings. The van der Waals surface area contributed by atoms with E-state index in [9.17, 15) is 9.59 Å². The van der Waals surface area contributed by atoms with Crippen LogP contribution in [-0.4, -0.2) is 47.6 Å². The highest BCUT2D eigenvalue weighted by Gasteiger charge is 2.47. The van der Waals surface area contributed by atoms with Crippen molar-refractivity contribution in [3.8, 4) is 0 Å². The third-order valence-corrected chi connectivity index (χ3v) is 2.17. The Bertz CT molecular complexity index is 262. The van der Waals surface area contributed by atoms with Crippen molar-refractivity contribution in [1.82, 2.24) is 4.90 Å². The molecule has 6 nitrogen and oxygen atoms in total. The predicted molar refractivity (Wildman–Crippen MR) is 45.7 cm³/mol. The molecule has 1 aliphatic heterocycles. The Kier molecular flexibility index (Phi) is 2.66. The lowest BCUT2D eigenvalue weighted by Crippen LogP contribution is -2.50. The summed E-state index contributed by atoms with van der Waals surface area (Å²) in [6, 6.07) is -0.868. The molecular weight excluding hydrogens is 190 g/mol. The van der Waals surface area contributed by atoms with Gasteiger partial charge in [-0.1, -0.05) is 0 Å². The lowest BCUT2D eigenvalue weighted by molar-refractivity contribution is -0.145. The molecule has 0 aliphatic carbocycles. The molecule has 0 bridgehead atoms. The van der Waals surface area contributed by atoms with E-state index >= 15 is 0 Å². The second-order valence-electron chi connectivity index (χ2n) is 3.45. The number of esters is 1. The van der Waals surface area contributed by atoms with Crippen LogP contribution in [0.3, 0.4) is 0 Å². The van der Waals surface area contributed by atoms with Gasteiger partial charge in [-0.3, -0.25) is 4.90 Å². The van der Waals surface area contributed by atoms with Crippen LogP contribution in [0.1, 0.15) is 13.8 Å². The number of carbonyl (C=O) groups is 2. The van der Waals surface area contributed by atoms with Crippen molar-refractivity contribution < 1.29 is 24.2 Å². The Morgan fingerprint density at radius 1 is 1.57 bits per heavy atom. The van der Waals surface area contributed by atoms with Gasteiger partial charge < -0.3 is 14.6 Å². The van der Waals surface area contributed by atoms with Crippen LogP contribution in [0.2, 0.25) is 0 Å². The summed E-state index contributed by atoms with van der Waals surface area (Å²) in [5.74, 6) is -0.599. The van der Waals surface area contributed by atoms with Gasteiger partial charge in [0.05, 0.1) is 13.7 Å². The predicted octanol–water partition coefficient (Wildman–Crippen LogP) is 0.274. The fourth-order valence-electron chi connectivity index (χ4n) is 1.48. The molecule has 80 valence electrons. The highest BCUT2D eigenvalue weighted by atomic mass is 16.6. The van der Waals surface area contributed by atoms with Gasteiger partial charge in [0.2, 0.25) is 0 Å². The highest BCUT2D eigenvalue weighted by Crippen LogP contribution is 2.27. The maximum Gasteiger partial charge on any atom is 0.410 e. The van der Waals surface area contributed by atoms with E-state index in [0.717, 1.165) is 4.90 Å². The van der Waals surface area contributed by atoms with Crippen LogP contribution in [0.5, 0.6) is 0 Å². The SMILES string of the molecule is COC(=O)[C@H]1COC(C)(C)N1C(=O)O. The van der Waals surface area contributed by atoms with Gasteiger partial charge in [0.25, 0.3) is 0 Å². The fourth-order valence-corrected chi connectivity index (χ4v) is 1.48. The Labute approximate surface area is 81.4 Å². The second kappa shape index (κ2) is 3.45. The zero-order valence-corrected chi connectivity index (χ0v) is 8.31. The molecular formula is C8H13NO5. The Hall–Kier alpha value is -1.30. The van der Waals surface area contributed by atoms with Crippen molar-refractivity contribution in [3.63, 3.8) is 0 Å². The maximum atomic E-state index is 11.2. The Balaban J connectivity index is 2.90. The largest absolute Gasteiger partial charge is 0.467 e. The maximum absolute atomic E-state index is 11.2.